The maximum Gasteiger partial charge on any atom is 0.253 e. The van der Waals surface area contributed by atoms with Crippen LogP contribution in [0.2, 0.25) is 0 Å². The van der Waals surface area contributed by atoms with Crippen molar-refractivity contribution in [3.05, 3.63) is 29.8 Å². The molecule has 7 heteroatoms. The summed E-state index contributed by atoms with van der Waals surface area (Å²) in [5.41, 5.74) is 0.496. The minimum atomic E-state index is -3.53. The maximum absolute atomic E-state index is 12.2. The summed E-state index contributed by atoms with van der Waals surface area (Å²) in [6.45, 7) is 8.74. The molecule has 0 aliphatic heterocycles. The van der Waals surface area contributed by atoms with Crippen LogP contribution in [-0.4, -0.2) is 51.9 Å². The average Bonchev–Trinajstić information content (AvgIpc) is 2.53. The first-order chi connectivity index (χ1) is 10.5. The van der Waals surface area contributed by atoms with Gasteiger partial charge in [0.05, 0.1) is 4.90 Å². The van der Waals surface area contributed by atoms with Crippen molar-refractivity contribution in [2.24, 2.45) is 0 Å². The normalized spacial score (nSPS) is 11.4. The molecule has 0 radical (unpaired) electrons. The lowest BCUT2D eigenvalue weighted by Gasteiger charge is -2.18. The van der Waals surface area contributed by atoms with Crippen LogP contribution in [0.4, 0.5) is 0 Å². The standard InChI is InChI=1S/C15H25N3O3S/c1-4-16-11-12-17-22(20,21)14-9-7-13(8-10-14)15(19)18(5-2)6-3/h7-10,16-17H,4-6,11-12H2,1-3H3. The van der Waals surface area contributed by atoms with Crippen molar-refractivity contribution in [1.82, 2.24) is 14.9 Å². The topological polar surface area (TPSA) is 78.5 Å². The molecule has 1 aromatic carbocycles. The Bertz CT molecular complexity index is 566. The summed E-state index contributed by atoms with van der Waals surface area (Å²) in [6, 6.07) is 6.04. The molecule has 0 unspecified atom stereocenters. The monoisotopic (exact) mass is 327 g/mol. The number of hydrogen-bond acceptors (Lipinski definition) is 4. The number of nitrogens with one attached hydrogen (secondary N) is 2. The zero-order valence-corrected chi connectivity index (χ0v) is 14.2. The van der Waals surface area contributed by atoms with Gasteiger partial charge < -0.3 is 10.2 Å². The van der Waals surface area contributed by atoms with Gasteiger partial charge in [0.15, 0.2) is 0 Å². The van der Waals surface area contributed by atoms with Crippen LogP contribution in [0, 0.1) is 0 Å². The first-order valence-electron chi connectivity index (χ1n) is 7.56. The van der Waals surface area contributed by atoms with Crippen molar-refractivity contribution in [2.45, 2.75) is 25.7 Å². The minimum Gasteiger partial charge on any atom is -0.339 e. The molecule has 1 aromatic rings. The lowest BCUT2D eigenvalue weighted by molar-refractivity contribution is 0.0773. The highest BCUT2D eigenvalue weighted by Gasteiger charge is 2.16. The third-order valence-corrected chi connectivity index (χ3v) is 4.78. The van der Waals surface area contributed by atoms with Crippen LogP contribution in [0.15, 0.2) is 29.2 Å². The highest BCUT2D eigenvalue weighted by atomic mass is 32.2. The fourth-order valence-corrected chi connectivity index (χ4v) is 3.04. The highest BCUT2D eigenvalue weighted by molar-refractivity contribution is 7.89. The molecule has 0 saturated carbocycles. The maximum atomic E-state index is 12.2. The Morgan fingerprint density at radius 2 is 1.64 bits per heavy atom. The molecule has 0 atom stereocenters. The Hall–Kier alpha value is -1.44. The van der Waals surface area contributed by atoms with Crippen LogP contribution in [-0.2, 0) is 10.0 Å². The van der Waals surface area contributed by atoms with Gasteiger partial charge >= 0.3 is 0 Å². The molecule has 2 N–H and O–H groups in total. The number of benzene rings is 1. The van der Waals surface area contributed by atoms with Crippen LogP contribution in [0.3, 0.4) is 0 Å². The van der Waals surface area contributed by atoms with Crippen LogP contribution in [0.25, 0.3) is 0 Å². The number of amides is 1. The van der Waals surface area contributed by atoms with Gasteiger partial charge in [-0.3, -0.25) is 4.79 Å². The van der Waals surface area contributed by atoms with E-state index in [9.17, 15) is 13.2 Å². The Morgan fingerprint density at radius 3 is 2.14 bits per heavy atom. The number of hydrogen-bond donors (Lipinski definition) is 2. The molecule has 0 aromatic heterocycles. The Balaban J connectivity index is 2.77. The first-order valence-corrected chi connectivity index (χ1v) is 9.04. The molecule has 0 heterocycles. The molecule has 0 fully saturated rings. The van der Waals surface area contributed by atoms with E-state index in [1.165, 1.54) is 12.1 Å². The Labute approximate surface area is 132 Å². The van der Waals surface area contributed by atoms with Crippen molar-refractivity contribution in [2.75, 3.05) is 32.7 Å². The zero-order chi connectivity index (χ0) is 16.6. The Morgan fingerprint density at radius 1 is 1.05 bits per heavy atom. The predicted molar refractivity (Wildman–Crippen MR) is 87.4 cm³/mol. The fourth-order valence-electron chi connectivity index (χ4n) is 2.00. The summed E-state index contributed by atoms with van der Waals surface area (Å²) in [5.74, 6) is -0.0888. The molecule has 0 aliphatic rings. The number of sulfonamides is 1. The molecule has 22 heavy (non-hydrogen) atoms. The van der Waals surface area contributed by atoms with E-state index in [0.29, 0.717) is 31.7 Å². The minimum absolute atomic E-state index is 0.0888. The van der Waals surface area contributed by atoms with E-state index >= 15 is 0 Å². The summed E-state index contributed by atoms with van der Waals surface area (Å²) in [5, 5.41) is 3.04. The zero-order valence-electron chi connectivity index (χ0n) is 13.4. The Kier molecular flexibility index (Phi) is 7.50. The van der Waals surface area contributed by atoms with Gasteiger partial charge in [-0.25, -0.2) is 13.1 Å². The molecule has 124 valence electrons. The summed E-state index contributed by atoms with van der Waals surface area (Å²) in [4.78, 5) is 14.0. The van der Waals surface area contributed by atoms with Gasteiger partial charge in [-0.05, 0) is 44.7 Å². The van der Waals surface area contributed by atoms with Gasteiger partial charge in [0.25, 0.3) is 5.91 Å². The predicted octanol–water partition coefficient (Wildman–Crippen LogP) is 1.06. The molecule has 1 rings (SSSR count). The van der Waals surface area contributed by atoms with E-state index in [0.717, 1.165) is 6.54 Å². The highest BCUT2D eigenvalue weighted by Crippen LogP contribution is 2.12. The number of likely N-dealkylation sites (N-methyl/N-ethyl adjacent to an activating group) is 1. The molecule has 0 spiro atoms. The third-order valence-electron chi connectivity index (χ3n) is 3.31. The third kappa shape index (κ3) is 5.08. The van der Waals surface area contributed by atoms with E-state index in [1.807, 2.05) is 20.8 Å². The molecule has 6 nitrogen and oxygen atoms in total. The molecular weight excluding hydrogens is 302 g/mol. The van der Waals surface area contributed by atoms with Gasteiger partial charge in [0.2, 0.25) is 10.0 Å². The van der Waals surface area contributed by atoms with Crippen molar-refractivity contribution in [1.29, 1.82) is 0 Å². The number of carbonyl (C=O) groups is 1. The van der Waals surface area contributed by atoms with E-state index in [2.05, 4.69) is 10.0 Å². The van der Waals surface area contributed by atoms with Gasteiger partial charge in [-0.15, -0.1) is 0 Å². The summed E-state index contributed by atoms with van der Waals surface area (Å²) in [7, 11) is -3.53. The van der Waals surface area contributed by atoms with E-state index < -0.39 is 10.0 Å². The molecular formula is C15H25N3O3S. The van der Waals surface area contributed by atoms with Crippen molar-refractivity contribution in [3.63, 3.8) is 0 Å². The van der Waals surface area contributed by atoms with Gasteiger partial charge in [0, 0.05) is 31.7 Å². The second-order valence-corrected chi connectivity index (χ2v) is 6.52. The second kappa shape index (κ2) is 8.87. The van der Waals surface area contributed by atoms with Crippen LogP contribution in [0.1, 0.15) is 31.1 Å². The molecule has 0 aliphatic carbocycles. The molecule has 0 saturated heterocycles. The SMILES string of the molecule is CCNCCNS(=O)(=O)c1ccc(C(=O)N(CC)CC)cc1. The van der Waals surface area contributed by atoms with Gasteiger partial charge in [0.1, 0.15) is 0 Å². The summed E-state index contributed by atoms with van der Waals surface area (Å²) < 4.78 is 26.7. The second-order valence-electron chi connectivity index (χ2n) is 4.75. The lowest BCUT2D eigenvalue weighted by atomic mass is 10.2. The summed E-state index contributed by atoms with van der Waals surface area (Å²) in [6.07, 6.45) is 0. The van der Waals surface area contributed by atoms with E-state index in [1.54, 1.807) is 17.0 Å². The van der Waals surface area contributed by atoms with Crippen LogP contribution in [0.5, 0.6) is 0 Å². The number of carbonyl (C=O) groups excluding carboxylic acids is 1. The van der Waals surface area contributed by atoms with Gasteiger partial charge in [-0.2, -0.15) is 0 Å². The quantitative estimate of drug-likeness (QED) is 0.665. The number of nitrogens with zero attached hydrogens (tertiary/aromatic N) is 1. The smallest absolute Gasteiger partial charge is 0.253 e. The summed E-state index contributed by atoms with van der Waals surface area (Å²) >= 11 is 0. The van der Waals surface area contributed by atoms with Crippen molar-refractivity contribution in [3.8, 4) is 0 Å². The average molecular weight is 327 g/mol. The van der Waals surface area contributed by atoms with Gasteiger partial charge in [-0.1, -0.05) is 6.92 Å². The molecule has 1 amide bonds. The van der Waals surface area contributed by atoms with Crippen LogP contribution < -0.4 is 10.0 Å². The molecule has 0 bridgehead atoms. The number of rotatable bonds is 9. The first kappa shape index (κ1) is 18.6. The van der Waals surface area contributed by atoms with Crippen molar-refractivity contribution < 1.29 is 13.2 Å². The van der Waals surface area contributed by atoms with Crippen molar-refractivity contribution >= 4 is 15.9 Å². The lowest BCUT2D eigenvalue weighted by Crippen LogP contribution is -2.32. The fraction of sp³-hybridized carbons (Fsp3) is 0.533. The van der Waals surface area contributed by atoms with Crippen LogP contribution >= 0.6 is 0 Å². The largest absolute Gasteiger partial charge is 0.339 e. The van der Waals surface area contributed by atoms with E-state index in [-0.39, 0.29) is 10.8 Å². The van der Waals surface area contributed by atoms with E-state index in [4.69, 9.17) is 0 Å².